The molecule has 5 nitrogen and oxygen atoms in total. The van der Waals surface area contributed by atoms with Gasteiger partial charge in [0.05, 0.1) is 10.6 Å². The number of amides is 1. The third-order valence-corrected chi connectivity index (χ3v) is 3.92. The highest BCUT2D eigenvalue weighted by atomic mass is 35.5. The molecule has 0 bridgehead atoms. The summed E-state index contributed by atoms with van der Waals surface area (Å²) in [5.74, 6) is -1.36. The molecule has 0 saturated carbocycles. The lowest BCUT2D eigenvalue weighted by atomic mass is 10.2. The number of benzene rings is 1. The number of nitrogens with one attached hydrogen (secondary N) is 1. The Morgan fingerprint density at radius 3 is 2.62 bits per heavy atom. The zero-order valence-corrected chi connectivity index (χ0v) is 12.4. The molecular formula is C13H10ClFN2O3S. The van der Waals surface area contributed by atoms with Crippen molar-refractivity contribution in [1.29, 1.82) is 0 Å². The third kappa shape index (κ3) is 3.77. The molecule has 0 saturated heterocycles. The highest BCUT2D eigenvalue weighted by molar-refractivity contribution is 7.90. The van der Waals surface area contributed by atoms with E-state index in [0.717, 1.165) is 24.5 Å². The second kappa shape index (κ2) is 5.79. The van der Waals surface area contributed by atoms with Gasteiger partial charge in [-0.25, -0.2) is 17.8 Å². The van der Waals surface area contributed by atoms with E-state index in [0.29, 0.717) is 0 Å². The molecular weight excluding hydrogens is 319 g/mol. The maximum Gasteiger partial charge on any atom is 0.255 e. The summed E-state index contributed by atoms with van der Waals surface area (Å²) in [7, 11) is -3.50. The molecule has 0 aliphatic heterocycles. The third-order valence-electron chi connectivity index (χ3n) is 2.60. The number of sulfone groups is 1. The molecule has 21 heavy (non-hydrogen) atoms. The number of aromatic nitrogens is 1. The van der Waals surface area contributed by atoms with Gasteiger partial charge in [0.2, 0.25) is 0 Å². The van der Waals surface area contributed by atoms with Crippen LogP contribution in [0.25, 0.3) is 0 Å². The number of rotatable bonds is 3. The summed E-state index contributed by atoms with van der Waals surface area (Å²) >= 11 is 5.66. The van der Waals surface area contributed by atoms with E-state index < -0.39 is 21.6 Å². The van der Waals surface area contributed by atoms with Gasteiger partial charge in [0, 0.05) is 18.0 Å². The lowest BCUT2D eigenvalue weighted by molar-refractivity contribution is 0.102. The minimum Gasteiger partial charge on any atom is -0.319 e. The van der Waals surface area contributed by atoms with Crippen LogP contribution < -0.4 is 5.32 Å². The molecule has 8 heteroatoms. The fourth-order valence-corrected chi connectivity index (χ4v) is 2.39. The molecule has 0 fully saturated rings. The number of carbonyl (C=O) groups is 1. The number of nitrogens with zero attached hydrogens (tertiary/aromatic N) is 1. The predicted octanol–water partition coefficient (Wildman–Crippen LogP) is 2.53. The summed E-state index contributed by atoms with van der Waals surface area (Å²) in [6.45, 7) is 0. The Bertz CT molecular complexity index is 809. The molecule has 0 unspecified atom stereocenters. The van der Waals surface area contributed by atoms with Gasteiger partial charge in [-0.05, 0) is 30.3 Å². The number of hydrogen-bond donors (Lipinski definition) is 1. The van der Waals surface area contributed by atoms with Crippen LogP contribution in [0.5, 0.6) is 0 Å². The first kappa shape index (κ1) is 15.4. The van der Waals surface area contributed by atoms with Crippen LogP contribution in [0.15, 0.2) is 41.4 Å². The second-order valence-electron chi connectivity index (χ2n) is 4.24. The lowest BCUT2D eigenvalue weighted by Gasteiger charge is -2.08. The van der Waals surface area contributed by atoms with Crippen molar-refractivity contribution >= 4 is 33.0 Å². The van der Waals surface area contributed by atoms with Gasteiger partial charge < -0.3 is 5.32 Å². The van der Waals surface area contributed by atoms with E-state index in [-0.39, 0.29) is 21.3 Å². The molecule has 1 N–H and O–H groups in total. The van der Waals surface area contributed by atoms with E-state index in [1.165, 1.54) is 18.3 Å². The monoisotopic (exact) mass is 328 g/mol. The summed E-state index contributed by atoms with van der Waals surface area (Å²) in [5, 5.41) is 2.42. The van der Waals surface area contributed by atoms with Crippen LogP contribution in [0.2, 0.25) is 5.15 Å². The Morgan fingerprint density at radius 1 is 1.29 bits per heavy atom. The van der Waals surface area contributed by atoms with Crippen molar-refractivity contribution in [2.75, 3.05) is 11.6 Å². The van der Waals surface area contributed by atoms with Crippen LogP contribution >= 0.6 is 11.6 Å². The minimum absolute atomic E-state index is 0.0908. The SMILES string of the molecule is CS(=O)(=O)c1ccc(F)c(NC(=O)c2ccnc(Cl)c2)c1. The highest BCUT2D eigenvalue weighted by Crippen LogP contribution is 2.20. The topological polar surface area (TPSA) is 76.1 Å². The van der Waals surface area contributed by atoms with E-state index in [1.54, 1.807) is 0 Å². The van der Waals surface area contributed by atoms with Gasteiger partial charge in [-0.15, -0.1) is 0 Å². The highest BCUT2D eigenvalue weighted by Gasteiger charge is 2.14. The molecule has 0 spiro atoms. The fraction of sp³-hybridized carbons (Fsp3) is 0.0769. The maximum absolute atomic E-state index is 13.7. The molecule has 110 valence electrons. The number of halogens is 2. The van der Waals surface area contributed by atoms with Crippen LogP contribution in [-0.2, 0) is 9.84 Å². The molecule has 1 aromatic heterocycles. The fourth-order valence-electron chi connectivity index (χ4n) is 1.57. The quantitative estimate of drug-likeness (QED) is 0.694. The van der Waals surface area contributed by atoms with Crippen LogP contribution in [-0.4, -0.2) is 25.6 Å². The number of carbonyl (C=O) groups excluding carboxylic acids is 1. The Balaban J connectivity index is 2.33. The molecule has 2 aromatic rings. The number of pyridine rings is 1. The first-order valence-electron chi connectivity index (χ1n) is 5.70. The van der Waals surface area contributed by atoms with Crippen LogP contribution in [0.4, 0.5) is 10.1 Å². The summed E-state index contributed by atoms with van der Waals surface area (Å²) in [4.78, 5) is 15.6. The Morgan fingerprint density at radius 2 is 2.00 bits per heavy atom. The smallest absolute Gasteiger partial charge is 0.255 e. The molecule has 1 heterocycles. The summed E-state index contributed by atoms with van der Waals surface area (Å²) in [6.07, 6.45) is 2.33. The first-order valence-corrected chi connectivity index (χ1v) is 7.97. The van der Waals surface area contributed by atoms with Gasteiger partial charge in [-0.3, -0.25) is 4.79 Å². The maximum atomic E-state index is 13.7. The molecule has 1 amide bonds. The summed E-state index contributed by atoms with van der Waals surface area (Å²) in [6, 6.07) is 5.88. The first-order chi connectivity index (χ1) is 9.77. The zero-order valence-electron chi connectivity index (χ0n) is 10.8. The number of anilines is 1. The van der Waals surface area contributed by atoms with Crippen LogP contribution in [0.3, 0.4) is 0 Å². The summed E-state index contributed by atoms with van der Waals surface area (Å²) < 4.78 is 36.5. The lowest BCUT2D eigenvalue weighted by Crippen LogP contribution is -2.13. The van der Waals surface area contributed by atoms with Crippen molar-refractivity contribution in [3.8, 4) is 0 Å². The van der Waals surface area contributed by atoms with Gasteiger partial charge in [-0.1, -0.05) is 11.6 Å². The zero-order chi connectivity index (χ0) is 15.6. The molecule has 1 aromatic carbocycles. The standard InChI is InChI=1S/C13H10ClFN2O3S/c1-21(19,20)9-2-3-10(15)11(7-9)17-13(18)8-4-5-16-12(14)6-8/h2-7H,1H3,(H,17,18). The van der Waals surface area contributed by atoms with Gasteiger partial charge in [-0.2, -0.15) is 0 Å². The van der Waals surface area contributed by atoms with Crippen molar-refractivity contribution in [3.05, 3.63) is 53.1 Å². The summed E-state index contributed by atoms with van der Waals surface area (Å²) in [5.41, 5.74) is -0.0463. The molecule has 0 radical (unpaired) electrons. The Hall–Kier alpha value is -1.99. The van der Waals surface area contributed by atoms with E-state index >= 15 is 0 Å². The van der Waals surface area contributed by atoms with Crippen molar-refractivity contribution in [2.24, 2.45) is 0 Å². The average Bonchev–Trinajstić information content (AvgIpc) is 2.40. The van der Waals surface area contributed by atoms with Gasteiger partial charge in [0.15, 0.2) is 9.84 Å². The second-order valence-corrected chi connectivity index (χ2v) is 6.64. The van der Waals surface area contributed by atoms with E-state index in [4.69, 9.17) is 11.6 Å². The van der Waals surface area contributed by atoms with E-state index in [2.05, 4.69) is 10.3 Å². The molecule has 0 aliphatic carbocycles. The van der Waals surface area contributed by atoms with E-state index in [1.807, 2.05) is 0 Å². The molecule has 0 atom stereocenters. The van der Waals surface area contributed by atoms with Crippen LogP contribution in [0.1, 0.15) is 10.4 Å². The minimum atomic E-state index is -3.50. The normalized spacial score (nSPS) is 11.2. The molecule has 2 rings (SSSR count). The average molecular weight is 329 g/mol. The van der Waals surface area contributed by atoms with Crippen molar-refractivity contribution in [2.45, 2.75) is 4.90 Å². The van der Waals surface area contributed by atoms with E-state index in [9.17, 15) is 17.6 Å². The van der Waals surface area contributed by atoms with Crippen LogP contribution in [0, 0.1) is 5.82 Å². The predicted molar refractivity (Wildman–Crippen MR) is 76.7 cm³/mol. The van der Waals surface area contributed by atoms with Crippen molar-refractivity contribution in [1.82, 2.24) is 4.98 Å². The Labute approximate surface area is 125 Å². The Kier molecular flexibility index (Phi) is 4.24. The largest absolute Gasteiger partial charge is 0.319 e. The van der Waals surface area contributed by atoms with Crippen molar-refractivity contribution < 1.29 is 17.6 Å². The van der Waals surface area contributed by atoms with Gasteiger partial charge in [0.1, 0.15) is 11.0 Å². The number of hydrogen-bond acceptors (Lipinski definition) is 4. The van der Waals surface area contributed by atoms with Crippen molar-refractivity contribution in [3.63, 3.8) is 0 Å². The van der Waals surface area contributed by atoms with Gasteiger partial charge >= 0.3 is 0 Å². The van der Waals surface area contributed by atoms with Gasteiger partial charge in [0.25, 0.3) is 5.91 Å². The molecule has 0 aliphatic rings.